The fraction of sp³-hybridized carbons (Fsp3) is 0.556. The number of anilines is 1. The third-order valence-corrected chi connectivity index (χ3v) is 3.24. The molecule has 1 aromatic heterocycles. The van der Waals surface area contributed by atoms with E-state index in [4.69, 9.17) is 15.4 Å². The predicted octanol–water partition coefficient (Wildman–Crippen LogP) is -1.67. The fourth-order valence-electron chi connectivity index (χ4n) is 1.85. The molecule has 2 heterocycles. The van der Waals surface area contributed by atoms with E-state index >= 15 is 0 Å². The highest BCUT2D eigenvalue weighted by Crippen LogP contribution is 2.34. The van der Waals surface area contributed by atoms with Gasteiger partial charge in [-0.1, -0.05) is 0 Å². The van der Waals surface area contributed by atoms with Crippen LogP contribution < -0.4 is 22.5 Å². The zero-order valence-corrected chi connectivity index (χ0v) is 12.1. The smallest absolute Gasteiger partial charge is 0.351 e. The number of hydrogen-bond donors (Lipinski definition) is 4. The third kappa shape index (κ3) is 4.58. The summed E-state index contributed by atoms with van der Waals surface area (Å²) in [4.78, 5) is 34.1. The summed E-state index contributed by atoms with van der Waals surface area (Å²) in [5, 5.41) is 9.72. The van der Waals surface area contributed by atoms with E-state index in [0.29, 0.717) is 0 Å². The van der Waals surface area contributed by atoms with Gasteiger partial charge < -0.3 is 36.0 Å². The molecule has 1 aromatic rings. The van der Waals surface area contributed by atoms with Crippen LogP contribution in [0.2, 0.25) is 0 Å². The number of nitrogens with two attached hydrogens (primary N) is 1. The van der Waals surface area contributed by atoms with Crippen LogP contribution in [0.1, 0.15) is 12.6 Å². The second-order valence-corrected chi connectivity index (χ2v) is 5.43. The van der Waals surface area contributed by atoms with Gasteiger partial charge in [-0.05, 0) is 6.07 Å². The molecule has 12 heteroatoms. The van der Waals surface area contributed by atoms with Crippen molar-refractivity contribution in [2.75, 3.05) is 12.3 Å². The largest absolute Gasteiger partial charge is 0.756 e. The molecular formula is C9H17N4O7P. The molecule has 1 aliphatic heterocycles. The van der Waals surface area contributed by atoms with Crippen molar-refractivity contribution in [3.05, 3.63) is 22.7 Å². The van der Waals surface area contributed by atoms with Crippen molar-refractivity contribution in [3.63, 3.8) is 0 Å². The highest BCUT2D eigenvalue weighted by molar-refractivity contribution is 7.44. The highest BCUT2D eigenvalue weighted by atomic mass is 31.2. The van der Waals surface area contributed by atoms with E-state index in [1.807, 2.05) is 0 Å². The van der Waals surface area contributed by atoms with E-state index in [2.05, 4.69) is 9.51 Å². The van der Waals surface area contributed by atoms with Gasteiger partial charge in [-0.25, -0.2) is 4.79 Å². The number of aliphatic hydroxyl groups excluding tert-OH is 1. The Bertz CT molecular complexity index is 588. The van der Waals surface area contributed by atoms with Crippen LogP contribution in [0, 0.1) is 0 Å². The van der Waals surface area contributed by atoms with E-state index < -0.39 is 38.6 Å². The van der Waals surface area contributed by atoms with Gasteiger partial charge in [-0.3, -0.25) is 9.13 Å². The van der Waals surface area contributed by atoms with Gasteiger partial charge in [-0.15, -0.1) is 0 Å². The minimum absolute atomic E-state index is 0. The number of rotatable bonds is 4. The van der Waals surface area contributed by atoms with E-state index in [1.165, 1.54) is 12.3 Å². The predicted molar refractivity (Wildman–Crippen MR) is 69.2 cm³/mol. The van der Waals surface area contributed by atoms with Crippen LogP contribution in [-0.4, -0.2) is 38.4 Å². The molecule has 0 spiro atoms. The van der Waals surface area contributed by atoms with E-state index in [9.17, 15) is 19.4 Å². The molecule has 0 aromatic carbocycles. The average Bonchev–Trinajstić information content (AvgIpc) is 2.67. The van der Waals surface area contributed by atoms with Crippen molar-refractivity contribution >= 4 is 13.6 Å². The van der Waals surface area contributed by atoms with E-state index in [-0.39, 0.29) is 18.4 Å². The molecule has 0 radical (unpaired) electrons. The number of nitrogens with zero attached hydrogens (tertiary/aromatic N) is 2. The molecule has 1 saturated heterocycles. The Balaban J connectivity index is 0.00000220. The Hall–Kier alpha value is -1.33. The van der Waals surface area contributed by atoms with Gasteiger partial charge in [0.05, 0.1) is 12.7 Å². The first-order valence-electron chi connectivity index (χ1n) is 5.63. The van der Waals surface area contributed by atoms with Crippen molar-refractivity contribution in [1.29, 1.82) is 0 Å². The summed E-state index contributed by atoms with van der Waals surface area (Å²) in [7, 11) is -4.89. The molecule has 1 aliphatic rings. The van der Waals surface area contributed by atoms with Gasteiger partial charge in [0, 0.05) is 12.6 Å². The molecular weight excluding hydrogens is 307 g/mol. The monoisotopic (exact) mass is 324 g/mol. The number of quaternary nitrogens is 1. The maximum Gasteiger partial charge on any atom is 0.351 e. The summed E-state index contributed by atoms with van der Waals surface area (Å²) in [5.74, 6) is 0.0530. The van der Waals surface area contributed by atoms with Crippen LogP contribution in [-0.2, 0) is 13.8 Å². The standard InChI is InChI=1S/C9H14N3O7P.H3N/c10-7-1-2-12(9(14)11-7)8-3-5(13)6(19-8)4-18-20(15,16)17;/h1-2,5-6,8,13H,3-4H2,(H2,10,11,14)(H2,15,16,17);1H3/t5-,6+,8+;/m0./s1. The lowest BCUT2D eigenvalue weighted by Crippen LogP contribution is -2.28. The summed E-state index contributed by atoms with van der Waals surface area (Å²) in [5.41, 5.74) is 4.70. The van der Waals surface area contributed by atoms with Gasteiger partial charge in [0.25, 0.3) is 7.82 Å². The number of phosphoric acid groups is 1. The lowest BCUT2D eigenvalue weighted by atomic mass is 10.2. The number of ether oxygens (including phenoxy) is 1. The third-order valence-electron chi connectivity index (χ3n) is 2.77. The number of hydrogen-bond acceptors (Lipinski definition) is 8. The topological polar surface area (TPSA) is 196 Å². The first kappa shape index (κ1) is 17.7. The fourth-order valence-corrected chi connectivity index (χ4v) is 2.18. The zero-order valence-electron chi connectivity index (χ0n) is 11.2. The summed E-state index contributed by atoms with van der Waals surface area (Å²) >= 11 is 0. The molecule has 0 amide bonds. The Kier molecular flexibility index (Phi) is 5.59. The number of phosphoric ester groups is 1. The summed E-state index contributed by atoms with van der Waals surface area (Å²) in [6.07, 6.45) is -1.44. The summed E-state index contributed by atoms with van der Waals surface area (Å²) < 4.78 is 21.1. The molecule has 120 valence electrons. The molecule has 2 rings (SSSR count). The minimum atomic E-state index is -4.89. The van der Waals surface area contributed by atoms with Crippen LogP contribution >= 0.6 is 7.82 Å². The molecule has 1 fully saturated rings. The minimum Gasteiger partial charge on any atom is -0.756 e. The Morgan fingerprint density at radius 2 is 2.33 bits per heavy atom. The second-order valence-electron chi connectivity index (χ2n) is 4.24. The van der Waals surface area contributed by atoms with E-state index in [0.717, 1.165) is 4.57 Å². The van der Waals surface area contributed by atoms with Gasteiger partial charge in [0.2, 0.25) is 0 Å². The zero-order chi connectivity index (χ0) is 14.9. The lowest BCUT2D eigenvalue weighted by Gasteiger charge is -2.20. The van der Waals surface area contributed by atoms with Crippen LogP contribution in [0.5, 0.6) is 0 Å². The Morgan fingerprint density at radius 1 is 1.67 bits per heavy atom. The quantitative estimate of drug-likeness (QED) is 0.467. The van der Waals surface area contributed by atoms with Crippen molar-refractivity contribution in [3.8, 4) is 0 Å². The van der Waals surface area contributed by atoms with Crippen molar-refractivity contribution < 1.29 is 28.7 Å². The summed E-state index contributed by atoms with van der Waals surface area (Å²) in [6.45, 7) is -0.550. The molecule has 21 heavy (non-hydrogen) atoms. The second kappa shape index (κ2) is 6.62. The van der Waals surface area contributed by atoms with E-state index in [1.54, 1.807) is 0 Å². The molecule has 0 saturated carbocycles. The number of nitrogen functional groups attached to an aromatic ring is 1. The van der Waals surface area contributed by atoms with Gasteiger partial charge in [-0.2, -0.15) is 4.98 Å². The van der Waals surface area contributed by atoms with Crippen molar-refractivity contribution in [2.24, 2.45) is 0 Å². The number of aromatic nitrogens is 2. The summed E-state index contributed by atoms with van der Waals surface area (Å²) in [6, 6.07) is 1.39. The first-order valence-corrected chi connectivity index (χ1v) is 7.12. The maximum atomic E-state index is 11.6. The molecule has 4 atom stereocenters. The lowest BCUT2D eigenvalue weighted by molar-refractivity contribution is -0.222. The maximum absolute atomic E-state index is 11.6. The Morgan fingerprint density at radius 3 is 2.90 bits per heavy atom. The molecule has 8 N–H and O–H groups in total. The normalized spacial score (nSPS) is 27.9. The van der Waals surface area contributed by atoms with Crippen LogP contribution in [0.3, 0.4) is 0 Å². The Labute approximate surface area is 119 Å². The van der Waals surface area contributed by atoms with Gasteiger partial charge in [0.1, 0.15) is 18.1 Å². The van der Waals surface area contributed by atoms with Crippen molar-refractivity contribution in [2.45, 2.75) is 24.9 Å². The van der Waals surface area contributed by atoms with Gasteiger partial charge >= 0.3 is 5.69 Å². The highest BCUT2D eigenvalue weighted by Gasteiger charge is 2.36. The van der Waals surface area contributed by atoms with Crippen molar-refractivity contribution in [1.82, 2.24) is 15.7 Å². The SMILES string of the molecule is Nc1ccn([C@H]2C[C@H](O)[C@@H](COP(=O)([O-])O)O2)c(=O)n1.[NH4+]. The molecule has 0 bridgehead atoms. The van der Waals surface area contributed by atoms with Crippen LogP contribution in [0.4, 0.5) is 5.82 Å². The average molecular weight is 324 g/mol. The molecule has 11 nitrogen and oxygen atoms in total. The molecule has 0 aliphatic carbocycles. The first-order chi connectivity index (χ1) is 9.26. The molecule has 1 unspecified atom stereocenters. The van der Waals surface area contributed by atoms with Crippen LogP contribution in [0.15, 0.2) is 17.1 Å². The van der Waals surface area contributed by atoms with Crippen LogP contribution in [0.25, 0.3) is 0 Å². The van der Waals surface area contributed by atoms with Gasteiger partial charge in [0.15, 0.2) is 0 Å². The number of aliphatic hydroxyl groups is 1.